The lowest BCUT2D eigenvalue weighted by Crippen LogP contribution is -2.22. The van der Waals surface area contributed by atoms with E-state index in [4.69, 9.17) is 16.3 Å². The average Bonchev–Trinajstić information content (AvgIpc) is 2.30. The van der Waals surface area contributed by atoms with E-state index in [1.54, 1.807) is 6.92 Å². The summed E-state index contributed by atoms with van der Waals surface area (Å²) in [5.41, 5.74) is 0.266. The highest BCUT2D eigenvalue weighted by atomic mass is 35.5. The van der Waals surface area contributed by atoms with Gasteiger partial charge in [0.1, 0.15) is 5.75 Å². The van der Waals surface area contributed by atoms with Crippen molar-refractivity contribution in [3.63, 3.8) is 0 Å². The Morgan fingerprint density at radius 1 is 1.12 bits per heavy atom. The number of hydrogen-bond acceptors (Lipinski definition) is 5. The molecule has 1 rings (SSSR count). The van der Waals surface area contributed by atoms with Gasteiger partial charge in [-0.1, -0.05) is 0 Å². The molecule has 0 bridgehead atoms. The zero-order valence-electron chi connectivity index (χ0n) is 8.94. The van der Waals surface area contributed by atoms with Crippen LogP contribution in [0.25, 0.3) is 0 Å². The zero-order valence-corrected chi connectivity index (χ0v) is 9.69. The van der Waals surface area contributed by atoms with Gasteiger partial charge in [-0.15, -0.1) is 0 Å². The fourth-order valence-electron chi connectivity index (χ4n) is 0.993. The molecule has 0 fully saturated rings. The predicted octanol–water partition coefficient (Wildman–Crippen LogP) is 1.53. The lowest BCUT2D eigenvalue weighted by Gasteiger charge is -2.03. The van der Waals surface area contributed by atoms with Crippen LogP contribution >= 0.6 is 11.6 Å². The second kappa shape index (κ2) is 6.00. The maximum absolute atomic E-state index is 11.1. The van der Waals surface area contributed by atoms with E-state index in [2.05, 4.69) is 4.74 Å². The van der Waals surface area contributed by atoms with Crippen LogP contribution in [0.1, 0.15) is 17.3 Å². The smallest absolute Gasteiger partial charge is 0.422 e. The Hall–Kier alpha value is -1.88. The highest BCUT2D eigenvalue weighted by Crippen LogP contribution is 2.13. The van der Waals surface area contributed by atoms with E-state index >= 15 is 0 Å². The molecule has 0 aliphatic carbocycles. The van der Waals surface area contributed by atoms with Crippen molar-refractivity contribution >= 4 is 28.8 Å². The highest BCUT2D eigenvalue weighted by molar-refractivity contribution is 6.67. The summed E-state index contributed by atoms with van der Waals surface area (Å²) in [4.78, 5) is 32.8. The molecule has 90 valence electrons. The molecule has 0 amide bonds. The molecule has 0 spiro atoms. The third kappa shape index (κ3) is 3.88. The molecular formula is C11H9ClO5. The molecular weight excluding hydrogens is 248 g/mol. The quantitative estimate of drug-likeness (QED) is 0.355. The number of rotatable bonds is 3. The van der Waals surface area contributed by atoms with Crippen molar-refractivity contribution in [3.8, 4) is 5.75 Å². The number of esters is 2. The molecule has 1 aromatic rings. The number of ether oxygens (including phenoxy) is 2. The Kier molecular flexibility index (Phi) is 4.66. The van der Waals surface area contributed by atoms with Gasteiger partial charge in [0.25, 0.3) is 5.24 Å². The average molecular weight is 257 g/mol. The maximum Gasteiger partial charge on any atom is 0.422 e. The summed E-state index contributed by atoms with van der Waals surface area (Å²) in [6, 6.07) is 5.46. The van der Waals surface area contributed by atoms with E-state index in [-0.39, 0.29) is 17.9 Å². The van der Waals surface area contributed by atoms with Gasteiger partial charge >= 0.3 is 11.9 Å². The van der Waals surface area contributed by atoms with Gasteiger partial charge in [0.05, 0.1) is 6.61 Å². The fourth-order valence-corrected chi connectivity index (χ4v) is 1.12. The summed E-state index contributed by atoms with van der Waals surface area (Å²) in [5, 5.41) is -0.617. The topological polar surface area (TPSA) is 69.7 Å². The minimum Gasteiger partial charge on any atom is -0.458 e. The molecule has 0 unspecified atom stereocenters. The van der Waals surface area contributed by atoms with Crippen molar-refractivity contribution in [1.29, 1.82) is 0 Å². The fraction of sp³-hybridized carbons (Fsp3) is 0.182. The Morgan fingerprint density at radius 2 is 1.71 bits per heavy atom. The van der Waals surface area contributed by atoms with Crippen LogP contribution in [-0.4, -0.2) is 23.8 Å². The zero-order chi connectivity index (χ0) is 12.8. The molecule has 0 saturated carbocycles. The number of halogens is 1. The van der Waals surface area contributed by atoms with Gasteiger partial charge in [-0.05, 0) is 42.8 Å². The molecule has 17 heavy (non-hydrogen) atoms. The normalized spacial score (nSPS) is 9.53. The Labute approximate surface area is 102 Å². The van der Waals surface area contributed by atoms with E-state index in [1.807, 2.05) is 0 Å². The van der Waals surface area contributed by atoms with E-state index in [9.17, 15) is 14.4 Å². The first-order chi connectivity index (χ1) is 8.04. The van der Waals surface area contributed by atoms with Gasteiger partial charge in [0.15, 0.2) is 0 Å². The Morgan fingerprint density at radius 3 is 2.18 bits per heavy atom. The summed E-state index contributed by atoms with van der Waals surface area (Å²) in [6.45, 7) is 1.67. The molecule has 0 saturated heterocycles. The standard InChI is InChI=1S/C11H9ClO5/c1-2-16-10(14)11(15)17-8-5-3-7(4-6-8)9(12)13/h3-6H,2H2,1H3. The number of carbonyl (C=O) groups is 3. The van der Waals surface area contributed by atoms with Gasteiger partial charge in [0.2, 0.25) is 0 Å². The third-order valence-corrected chi connectivity index (χ3v) is 1.95. The Bertz CT molecular complexity index is 438. The van der Waals surface area contributed by atoms with Crippen LogP contribution in [0, 0.1) is 0 Å². The number of benzene rings is 1. The van der Waals surface area contributed by atoms with Gasteiger partial charge < -0.3 is 9.47 Å². The van der Waals surface area contributed by atoms with Gasteiger partial charge in [-0.25, -0.2) is 9.59 Å². The van der Waals surface area contributed by atoms with Crippen molar-refractivity contribution in [1.82, 2.24) is 0 Å². The lowest BCUT2D eigenvalue weighted by atomic mass is 10.2. The van der Waals surface area contributed by atoms with Gasteiger partial charge in [-0.3, -0.25) is 4.79 Å². The van der Waals surface area contributed by atoms with Crippen molar-refractivity contribution in [2.45, 2.75) is 6.92 Å². The Balaban J connectivity index is 2.66. The molecule has 0 heterocycles. The summed E-state index contributed by atoms with van der Waals surface area (Å²) in [5.74, 6) is -2.05. The summed E-state index contributed by atoms with van der Waals surface area (Å²) < 4.78 is 9.14. The van der Waals surface area contributed by atoms with Crippen LogP contribution in [-0.2, 0) is 14.3 Å². The lowest BCUT2D eigenvalue weighted by molar-refractivity contribution is -0.161. The third-order valence-electron chi connectivity index (χ3n) is 1.73. The van der Waals surface area contributed by atoms with E-state index < -0.39 is 17.2 Å². The minimum absolute atomic E-state index is 0.0909. The highest BCUT2D eigenvalue weighted by Gasteiger charge is 2.17. The van der Waals surface area contributed by atoms with Crippen LogP contribution in [0.3, 0.4) is 0 Å². The van der Waals surface area contributed by atoms with Gasteiger partial charge in [-0.2, -0.15) is 0 Å². The molecule has 0 aliphatic rings. The van der Waals surface area contributed by atoms with Crippen molar-refractivity contribution in [2.75, 3.05) is 6.61 Å². The van der Waals surface area contributed by atoms with Crippen LogP contribution in [0.5, 0.6) is 5.75 Å². The summed E-state index contributed by atoms with van der Waals surface area (Å²) in [6.07, 6.45) is 0. The number of carbonyl (C=O) groups excluding carboxylic acids is 3. The van der Waals surface area contributed by atoms with Crippen LogP contribution in [0.15, 0.2) is 24.3 Å². The van der Waals surface area contributed by atoms with Crippen LogP contribution in [0.4, 0.5) is 0 Å². The SMILES string of the molecule is CCOC(=O)C(=O)Oc1ccc(C(=O)Cl)cc1. The second-order valence-corrected chi connectivity index (χ2v) is 3.25. The van der Waals surface area contributed by atoms with Crippen LogP contribution < -0.4 is 4.74 Å². The predicted molar refractivity (Wildman–Crippen MR) is 58.9 cm³/mol. The second-order valence-electron chi connectivity index (χ2n) is 2.91. The van der Waals surface area contributed by atoms with Crippen molar-refractivity contribution in [3.05, 3.63) is 29.8 Å². The summed E-state index contributed by atoms with van der Waals surface area (Å²) in [7, 11) is 0. The molecule has 5 nitrogen and oxygen atoms in total. The van der Waals surface area contributed by atoms with E-state index in [0.29, 0.717) is 0 Å². The van der Waals surface area contributed by atoms with E-state index in [0.717, 1.165) is 0 Å². The molecule has 0 radical (unpaired) electrons. The van der Waals surface area contributed by atoms with Crippen LogP contribution in [0.2, 0.25) is 0 Å². The van der Waals surface area contributed by atoms with Crippen molar-refractivity contribution in [2.24, 2.45) is 0 Å². The molecule has 0 aromatic heterocycles. The number of hydrogen-bond donors (Lipinski definition) is 0. The molecule has 1 aromatic carbocycles. The first kappa shape index (κ1) is 13.2. The van der Waals surface area contributed by atoms with Crippen molar-refractivity contribution < 1.29 is 23.9 Å². The molecule has 0 aliphatic heterocycles. The first-order valence-electron chi connectivity index (χ1n) is 4.73. The first-order valence-corrected chi connectivity index (χ1v) is 5.11. The van der Waals surface area contributed by atoms with E-state index in [1.165, 1.54) is 24.3 Å². The molecule has 6 heteroatoms. The minimum atomic E-state index is -1.11. The summed E-state index contributed by atoms with van der Waals surface area (Å²) >= 11 is 5.23. The molecule has 0 atom stereocenters. The monoisotopic (exact) mass is 256 g/mol. The van der Waals surface area contributed by atoms with Gasteiger partial charge in [0, 0.05) is 5.56 Å². The maximum atomic E-state index is 11.1. The molecule has 0 N–H and O–H groups in total. The largest absolute Gasteiger partial charge is 0.458 e.